The minimum absolute atomic E-state index is 0. The van der Waals surface area contributed by atoms with Crippen LogP contribution in [-0.4, -0.2) is 45.9 Å². The Bertz CT molecular complexity index is 619. The van der Waals surface area contributed by atoms with E-state index in [0.29, 0.717) is 26.2 Å². The van der Waals surface area contributed by atoms with Crippen LogP contribution in [0.25, 0.3) is 0 Å². The molecule has 3 N–H and O–H groups in total. The van der Waals surface area contributed by atoms with Crippen molar-refractivity contribution < 1.29 is 17.9 Å². The van der Waals surface area contributed by atoms with Crippen molar-refractivity contribution in [1.29, 1.82) is 0 Å². The quantitative estimate of drug-likeness (QED) is 0.651. The van der Waals surface area contributed by atoms with Crippen LogP contribution in [0.15, 0.2) is 30.3 Å². The van der Waals surface area contributed by atoms with Crippen molar-refractivity contribution in [2.75, 3.05) is 25.5 Å². The van der Waals surface area contributed by atoms with E-state index in [-0.39, 0.29) is 35.7 Å². The van der Waals surface area contributed by atoms with Crippen LogP contribution in [0.4, 0.5) is 0 Å². The lowest BCUT2D eigenvalue weighted by Gasteiger charge is -2.26. The Morgan fingerprint density at radius 3 is 2.52 bits per heavy atom. The van der Waals surface area contributed by atoms with Crippen LogP contribution in [0, 0.1) is 5.92 Å². The van der Waals surface area contributed by atoms with Gasteiger partial charge in [-0.05, 0) is 30.7 Å². The Labute approximate surface area is 155 Å². The number of carbonyl (C=O) groups is 1. The lowest BCUT2D eigenvalue weighted by Crippen LogP contribution is -2.47. The molecule has 1 atom stereocenters. The number of nitrogens with one attached hydrogen (secondary N) is 1. The van der Waals surface area contributed by atoms with Gasteiger partial charge in [0.25, 0.3) is 0 Å². The first-order valence-corrected chi connectivity index (χ1v) is 10.2. The number of ether oxygens (including phenoxy) is 1. The van der Waals surface area contributed by atoms with Gasteiger partial charge in [0.2, 0.25) is 5.91 Å². The highest BCUT2D eigenvalue weighted by atomic mass is 35.5. The van der Waals surface area contributed by atoms with Crippen LogP contribution < -0.4 is 11.1 Å². The summed E-state index contributed by atoms with van der Waals surface area (Å²) in [6, 6.07) is 8.55. The molecule has 2 rings (SSSR count). The molecular weight excluding hydrogens is 364 g/mol. The van der Waals surface area contributed by atoms with Gasteiger partial charge in [-0.25, -0.2) is 8.42 Å². The van der Waals surface area contributed by atoms with Gasteiger partial charge in [-0.1, -0.05) is 30.3 Å². The molecule has 1 saturated heterocycles. The first kappa shape index (κ1) is 21.9. The fourth-order valence-corrected chi connectivity index (χ4v) is 4.24. The molecule has 142 valence electrons. The summed E-state index contributed by atoms with van der Waals surface area (Å²) >= 11 is 0. The molecule has 1 aromatic carbocycles. The topological polar surface area (TPSA) is 98.5 Å². The first-order valence-electron chi connectivity index (χ1n) is 8.33. The largest absolute Gasteiger partial charge is 0.381 e. The summed E-state index contributed by atoms with van der Waals surface area (Å²) in [5.74, 6) is 0.0147. The summed E-state index contributed by atoms with van der Waals surface area (Å²) in [5, 5.41) is 2.75. The molecule has 25 heavy (non-hydrogen) atoms. The maximum absolute atomic E-state index is 12.1. The number of amides is 1. The predicted octanol–water partition coefficient (Wildman–Crippen LogP) is 1.28. The second kappa shape index (κ2) is 10.8. The second-order valence-electron chi connectivity index (χ2n) is 6.20. The van der Waals surface area contributed by atoms with Crippen LogP contribution >= 0.6 is 12.4 Å². The van der Waals surface area contributed by atoms with E-state index in [4.69, 9.17) is 10.5 Å². The van der Waals surface area contributed by atoms with E-state index in [1.54, 1.807) is 12.1 Å². The van der Waals surface area contributed by atoms with E-state index in [1.807, 2.05) is 18.2 Å². The fraction of sp³-hybridized carbons (Fsp3) is 0.588. The van der Waals surface area contributed by atoms with Crippen LogP contribution in [0.5, 0.6) is 0 Å². The Kier molecular flexibility index (Phi) is 9.42. The molecule has 8 heteroatoms. The van der Waals surface area contributed by atoms with Crippen LogP contribution in [0.1, 0.15) is 24.8 Å². The predicted molar refractivity (Wildman–Crippen MR) is 100 cm³/mol. The van der Waals surface area contributed by atoms with Gasteiger partial charge in [0.1, 0.15) is 0 Å². The fourth-order valence-electron chi connectivity index (χ4n) is 2.81. The molecule has 0 spiro atoms. The number of hydrogen-bond donors (Lipinski definition) is 2. The zero-order valence-electron chi connectivity index (χ0n) is 14.2. The molecule has 0 radical (unpaired) electrons. The molecule has 1 amide bonds. The lowest BCUT2D eigenvalue weighted by atomic mass is 9.92. The van der Waals surface area contributed by atoms with Gasteiger partial charge in [0.15, 0.2) is 9.84 Å². The Hall–Kier alpha value is -1.15. The molecule has 0 bridgehead atoms. The van der Waals surface area contributed by atoms with Gasteiger partial charge in [0, 0.05) is 19.8 Å². The molecule has 0 aliphatic carbocycles. The summed E-state index contributed by atoms with van der Waals surface area (Å²) in [4.78, 5) is 12.0. The monoisotopic (exact) mass is 390 g/mol. The van der Waals surface area contributed by atoms with Crippen molar-refractivity contribution in [3.63, 3.8) is 0 Å². The summed E-state index contributed by atoms with van der Waals surface area (Å²) < 4.78 is 29.4. The highest BCUT2D eigenvalue weighted by Gasteiger charge is 2.26. The number of benzene rings is 1. The van der Waals surface area contributed by atoms with Gasteiger partial charge in [-0.15, -0.1) is 12.4 Å². The molecule has 1 aliphatic rings. The van der Waals surface area contributed by atoms with Crippen molar-refractivity contribution in [3.05, 3.63) is 35.9 Å². The molecule has 1 aromatic rings. The normalized spacial score (nSPS) is 16.7. The van der Waals surface area contributed by atoms with Crippen molar-refractivity contribution in [1.82, 2.24) is 5.32 Å². The van der Waals surface area contributed by atoms with Gasteiger partial charge >= 0.3 is 0 Å². The van der Waals surface area contributed by atoms with Gasteiger partial charge in [-0.2, -0.15) is 0 Å². The third kappa shape index (κ3) is 7.73. The molecular formula is C17H27ClN2O4S. The van der Waals surface area contributed by atoms with Gasteiger partial charge < -0.3 is 15.8 Å². The first-order chi connectivity index (χ1) is 11.5. The zero-order valence-corrected chi connectivity index (χ0v) is 15.9. The summed E-state index contributed by atoms with van der Waals surface area (Å²) in [5.41, 5.74) is 6.76. The molecule has 1 unspecified atom stereocenters. The molecule has 0 saturated carbocycles. The van der Waals surface area contributed by atoms with Crippen LogP contribution in [-0.2, 0) is 25.1 Å². The van der Waals surface area contributed by atoms with Crippen molar-refractivity contribution in [2.45, 2.75) is 31.1 Å². The zero-order chi connectivity index (χ0) is 17.4. The number of sulfone groups is 1. The highest BCUT2D eigenvalue weighted by molar-refractivity contribution is 7.90. The van der Waals surface area contributed by atoms with E-state index >= 15 is 0 Å². The molecule has 0 aromatic heterocycles. The number of hydrogen-bond acceptors (Lipinski definition) is 5. The Morgan fingerprint density at radius 2 is 1.88 bits per heavy atom. The van der Waals surface area contributed by atoms with Crippen molar-refractivity contribution >= 4 is 28.2 Å². The average molecular weight is 391 g/mol. The van der Waals surface area contributed by atoms with Crippen molar-refractivity contribution in [2.24, 2.45) is 11.7 Å². The van der Waals surface area contributed by atoms with E-state index in [2.05, 4.69) is 5.32 Å². The molecule has 1 fully saturated rings. The summed E-state index contributed by atoms with van der Waals surface area (Å²) in [6.07, 6.45) is 1.97. The molecule has 6 nitrogen and oxygen atoms in total. The standard InChI is InChI=1S/C17H26N2O4S.ClH/c18-16(15-7-10-23-11-8-15)17(20)19-9-4-12-24(21,22)13-14-5-2-1-3-6-14;/h1-3,5-6,15-16H,4,7-13,18H2,(H,19,20);1H. The molecule has 1 heterocycles. The van der Waals surface area contributed by atoms with E-state index in [0.717, 1.165) is 18.4 Å². The van der Waals surface area contributed by atoms with Crippen LogP contribution in [0.3, 0.4) is 0 Å². The third-order valence-electron chi connectivity index (χ3n) is 4.24. The third-order valence-corrected chi connectivity index (χ3v) is 5.92. The van der Waals surface area contributed by atoms with Gasteiger partial charge in [0.05, 0.1) is 17.5 Å². The number of carbonyl (C=O) groups excluding carboxylic acids is 1. The molecule has 1 aliphatic heterocycles. The average Bonchev–Trinajstić information content (AvgIpc) is 2.59. The van der Waals surface area contributed by atoms with Crippen molar-refractivity contribution in [3.8, 4) is 0 Å². The van der Waals surface area contributed by atoms with E-state index in [1.165, 1.54) is 0 Å². The number of rotatable bonds is 8. The Balaban J connectivity index is 0.00000312. The second-order valence-corrected chi connectivity index (χ2v) is 8.38. The summed E-state index contributed by atoms with van der Waals surface area (Å²) in [6.45, 7) is 1.61. The lowest BCUT2D eigenvalue weighted by molar-refractivity contribution is -0.124. The summed E-state index contributed by atoms with van der Waals surface area (Å²) in [7, 11) is -3.17. The van der Waals surface area contributed by atoms with E-state index in [9.17, 15) is 13.2 Å². The smallest absolute Gasteiger partial charge is 0.237 e. The Morgan fingerprint density at radius 1 is 1.24 bits per heavy atom. The minimum Gasteiger partial charge on any atom is -0.381 e. The number of nitrogens with two attached hydrogens (primary N) is 1. The van der Waals surface area contributed by atoms with Crippen LogP contribution in [0.2, 0.25) is 0 Å². The maximum atomic E-state index is 12.1. The maximum Gasteiger partial charge on any atom is 0.237 e. The highest BCUT2D eigenvalue weighted by Crippen LogP contribution is 2.17. The van der Waals surface area contributed by atoms with E-state index < -0.39 is 15.9 Å². The minimum atomic E-state index is -3.17. The van der Waals surface area contributed by atoms with Gasteiger partial charge in [-0.3, -0.25) is 4.79 Å². The SMILES string of the molecule is Cl.NC(C(=O)NCCCS(=O)(=O)Cc1ccccc1)C1CCOCC1. The number of halogens is 1.